The quantitative estimate of drug-likeness (QED) is 0.413. The van der Waals surface area contributed by atoms with E-state index < -0.39 is 0 Å². The Morgan fingerprint density at radius 1 is 0.889 bits per heavy atom. The van der Waals surface area contributed by atoms with Gasteiger partial charge < -0.3 is 31.4 Å². The van der Waals surface area contributed by atoms with Gasteiger partial charge in [-0.25, -0.2) is 0 Å². The smallest absolute Gasteiger partial charge is 0.263 e. The molecule has 1 aromatic carbocycles. The predicted molar refractivity (Wildman–Crippen MR) is 63.8 cm³/mol. The van der Waals surface area contributed by atoms with Crippen LogP contribution >= 0.6 is 0 Å². The van der Waals surface area contributed by atoms with Crippen LogP contribution in [0.1, 0.15) is 0 Å². The van der Waals surface area contributed by atoms with E-state index in [1.807, 2.05) is 0 Å². The maximum atomic E-state index is 11.2. The summed E-state index contributed by atoms with van der Waals surface area (Å²) < 4.78 is 10.2. The molecule has 4 N–H and O–H groups in total. The van der Waals surface area contributed by atoms with Crippen molar-refractivity contribution in [2.75, 3.05) is 25.7 Å². The molecule has 96 valence electrons. The summed E-state index contributed by atoms with van der Waals surface area (Å²) >= 11 is 0. The van der Waals surface area contributed by atoms with Gasteiger partial charge in [0.25, 0.3) is 12.4 Å². The van der Waals surface area contributed by atoms with E-state index in [0.29, 0.717) is 10.8 Å². The van der Waals surface area contributed by atoms with Crippen molar-refractivity contribution in [1.82, 2.24) is 0 Å². The van der Waals surface area contributed by atoms with Crippen LogP contribution in [0.25, 0.3) is 10.8 Å². The number of nitrogens with zero attached hydrogens (tertiary/aromatic N) is 2. The molecule has 8 nitrogen and oxygen atoms in total. The number of aromatic nitrogens is 2. The minimum absolute atomic E-state index is 0.101. The van der Waals surface area contributed by atoms with Crippen molar-refractivity contribution in [3.05, 3.63) is 22.8 Å². The lowest BCUT2D eigenvalue weighted by Gasteiger charge is -2.14. The molecule has 0 bridgehead atoms. The Kier molecular flexibility index (Phi) is 2.62. The van der Waals surface area contributed by atoms with Gasteiger partial charge in [-0.3, -0.25) is 0 Å². The highest BCUT2D eigenvalue weighted by Gasteiger charge is 2.22. The lowest BCUT2D eigenvalue weighted by molar-refractivity contribution is -1.19. The standard InChI is InChI=1S/C10H12N4O4/c1-17-9-7(11)5-3-13(15)14(16)4-6(5)8(12)10(9)18-2/h3-4H,11-12H2,1-2H3. The Bertz CT molecular complexity index is 575. The maximum Gasteiger partial charge on any atom is 0.263 e. The van der Waals surface area contributed by atoms with Gasteiger partial charge in [0.1, 0.15) is 0 Å². The number of hydrogen-bond acceptors (Lipinski definition) is 6. The Morgan fingerprint density at radius 3 is 1.50 bits per heavy atom. The summed E-state index contributed by atoms with van der Waals surface area (Å²) in [6.07, 6.45) is 2.08. The fourth-order valence-corrected chi connectivity index (χ4v) is 1.80. The monoisotopic (exact) mass is 252 g/mol. The van der Waals surface area contributed by atoms with Crippen LogP contribution in [0.4, 0.5) is 11.4 Å². The molecule has 18 heavy (non-hydrogen) atoms. The highest BCUT2D eigenvalue weighted by molar-refractivity contribution is 6.05. The van der Waals surface area contributed by atoms with Crippen LogP contribution in [0, 0.1) is 10.4 Å². The van der Waals surface area contributed by atoms with Crippen molar-refractivity contribution in [1.29, 1.82) is 0 Å². The van der Waals surface area contributed by atoms with E-state index in [1.165, 1.54) is 14.2 Å². The second-order valence-corrected chi connectivity index (χ2v) is 3.58. The number of nitrogens with two attached hydrogens (primary N) is 2. The van der Waals surface area contributed by atoms with Crippen molar-refractivity contribution < 1.29 is 19.2 Å². The lowest BCUT2D eigenvalue weighted by atomic mass is 10.1. The van der Waals surface area contributed by atoms with Crippen LogP contribution < -0.4 is 30.6 Å². The third kappa shape index (κ3) is 1.46. The Balaban J connectivity index is 2.97. The minimum Gasteiger partial charge on any atom is -0.561 e. The number of hydrogen-bond donors (Lipinski definition) is 2. The van der Waals surface area contributed by atoms with Crippen molar-refractivity contribution >= 4 is 22.1 Å². The number of fused-ring (bicyclic) bond motifs is 1. The molecule has 0 aliphatic carbocycles. The molecule has 0 atom stereocenters. The number of rotatable bonds is 2. The third-order valence-electron chi connectivity index (χ3n) is 2.65. The van der Waals surface area contributed by atoms with E-state index in [2.05, 4.69) is 0 Å². The number of ether oxygens (including phenoxy) is 2. The summed E-state index contributed by atoms with van der Waals surface area (Å²) in [7, 11) is 2.81. The summed E-state index contributed by atoms with van der Waals surface area (Å²) in [6.45, 7) is 0. The second kappa shape index (κ2) is 3.99. The van der Waals surface area contributed by atoms with E-state index in [9.17, 15) is 10.4 Å². The average Bonchev–Trinajstić information content (AvgIpc) is 2.35. The molecule has 2 aromatic rings. The van der Waals surface area contributed by atoms with Crippen molar-refractivity contribution in [2.45, 2.75) is 0 Å². The van der Waals surface area contributed by atoms with Gasteiger partial charge in [-0.15, -0.1) is 0 Å². The molecule has 1 aromatic heterocycles. The molecule has 0 fully saturated rings. The first kappa shape index (κ1) is 11.8. The summed E-state index contributed by atoms with van der Waals surface area (Å²) in [5, 5.41) is 23.2. The molecule has 0 saturated carbocycles. The van der Waals surface area contributed by atoms with Gasteiger partial charge in [-0.05, 0) is 0 Å². The zero-order chi connectivity index (χ0) is 13.4. The number of benzene rings is 1. The normalized spacial score (nSPS) is 10.6. The zero-order valence-corrected chi connectivity index (χ0v) is 9.84. The third-order valence-corrected chi connectivity index (χ3v) is 2.65. The van der Waals surface area contributed by atoms with Gasteiger partial charge in [0.05, 0.1) is 46.1 Å². The van der Waals surface area contributed by atoms with Crippen LogP contribution in [0.2, 0.25) is 0 Å². The van der Waals surface area contributed by atoms with Crippen LogP contribution in [0.3, 0.4) is 0 Å². The number of anilines is 2. The molecule has 0 unspecified atom stereocenters. The SMILES string of the molecule is COc1c(OC)c(N)c2c[n+]([O-])[n+]([O-])cc2c1N. The fraction of sp³-hybridized carbons (Fsp3) is 0.200. The summed E-state index contributed by atoms with van der Waals surface area (Å²) in [4.78, 5) is 0.202. The van der Waals surface area contributed by atoms with E-state index >= 15 is 0 Å². The first-order valence-corrected chi connectivity index (χ1v) is 4.96. The Labute approximate surface area is 102 Å². The largest absolute Gasteiger partial charge is 0.561 e. The first-order valence-electron chi connectivity index (χ1n) is 4.96. The molecule has 2 rings (SSSR count). The molecule has 0 spiro atoms. The molecule has 8 heteroatoms. The van der Waals surface area contributed by atoms with Crippen LogP contribution in [0.5, 0.6) is 11.5 Å². The molecular weight excluding hydrogens is 240 g/mol. The minimum atomic E-state index is 0.101. The second-order valence-electron chi connectivity index (χ2n) is 3.58. The van der Waals surface area contributed by atoms with Crippen molar-refractivity contribution in [2.24, 2.45) is 0 Å². The van der Waals surface area contributed by atoms with E-state index in [1.54, 1.807) is 0 Å². The molecule has 1 heterocycles. The fourth-order valence-electron chi connectivity index (χ4n) is 1.80. The van der Waals surface area contributed by atoms with Gasteiger partial charge in [-0.2, -0.15) is 0 Å². The van der Waals surface area contributed by atoms with E-state index in [-0.39, 0.29) is 32.6 Å². The van der Waals surface area contributed by atoms with Gasteiger partial charge in [0.2, 0.25) is 0 Å². The lowest BCUT2D eigenvalue weighted by Crippen LogP contribution is -2.60. The molecule has 0 aliphatic rings. The van der Waals surface area contributed by atoms with Gasteiger partial charge in [-0.1, -0.05) is 0 Å². The first-order chi connectivity index (χ1) is 8.51. The molecular formula is C10H12N4O4. The molecule has 0 radical (unpaired) electrons. The van der Waals surface area contributed by atoms with Gasteiger partial charge >= 0.3 is 0 Å². The molecule has 0 amide bonds. The summed E-state index contributed by atoms with van der Waals surface area (Å²) in [6, 6.07) is 0. The van der Waals surface area contributed by atoms with Crippen molar-refractivity contribution in [3.63, 3.8) is 0 Å². The van der Waals surface area contributed by atoms with Crippen molar-refractivity contribution in [3.8, 4) is 11.5 Å². The number of methoxy groups -OCH3 is 2. The van der Waals surface area contributed by atoms with Gasteiger partial charge in [0.15, 0.2) is 11.5 Å². The van der Waals surface area contributed by atoms with Crippen LogP contribution in [-0.4, -0.2) is 14.2 Å². The van der Waals surface area contributed by atoms with Gasteiger partial charge in [0, 0.05) is 0 Å². The predicted octanol–water partition coefficient (Wildman–Crippen LogP) is -0.712. The topological polar surface area (TPSA) is 124 Å². The van der Waals surface area contributed by atoms with Crippen LogP contribution in [-0.2, 0) is 0 Å². The van der Waals surface area contributed by atoms with Crippen LogP contribution in [0.15, 0.2) is 12.4 Å². The Hall–Kier alpha value is -2.64. The van der Waals surface area contributed by atoms with E-state index in [4.69, 9.17) is 20.9 Å². The summed E-state index contributed by atoms with van der Waals surface area (Å²) in [5.41, 5.74) is 12.1. The van der Waals surface area contributed by atoms with E-state index in [0.717, 1.165) is 12.4 Å². The summed E-state index contributed by atoms with van der Waals surface area (Å²) in [5.74, 6) is 0.456. The molecule has 0 saturated heterocycles. The Morgan fingerprint density at radius 2 is 1.22 bits per heavy atom. The average molecular weight is 252 g/mol. The highest BCUT2D eigenvalue weighted by atomic mass is 16.6. The maximum absolute atomic E-state index is 11.2. The molecule has 0 aliphatic heterocycles. The zero-order valence-electron chi connectivity index (χ0n) is 9.84. The number of nitrogen functional groups attached to an aromatic ring is 2. The highest BCUT2D eigenvalue weighted by Crippen LogP contribution is 2.44.